The standard InChI is InChI=1S/C6H11N5O/c7-5-9-4(2-1-3-12)10-6(8)11-5/h12H,1-3H2,(H4,7,8,9,10,11). The van der Waals surface area contributed by atoms with Crippen LogP contribution in [-0.2, 0) is 6.42 Å². The zero-order valence-electron chi connectivity index (χ0n) is 6.56. The Morgan fingerprint density at radius 1 is 1.08 bits per heavy atom. The fraction of sp³-hybridized carbons (Fsp3) is 0.500. The number of nitrogens with two attached hydrogens (primary N) is 2. The molecule has 66 valence electrons. The van der Waals surface area contributed by atoms with Gasteiger partial charge in [-0.1, -0.05) is 0 Å². The molecule has 5 N–H and O–H groups in total. The monoisotopic (exact) mass is 169 g/mol. The van der Waals surface area contributed by atoms with Crippen molar-refractivity contribution in [1.29, 1.82) is 0 Å². The summed E-state index contributed by atoms with van der Waals surface area (Å²) in [5, 5.41) is 8.53. The van der Waals surface area contributed by atoms with Gasteiger partial charge in [-0.2, -0.15) is 15.0 Å². The normalized spacial score (nSPS) is 10.1. The zero-order chi connectivity index (χ0) is 8.97. The summed E-state index contributed by atoms with van der Waals surface area (Å²) in [5.74, 6) is 0.764. The van der Waals surface area contributed by atoms with Crippen molar-refractivity contribution in [3.63, 3.8) is 0 Å². The lowest BCUT2D eigenvalue weighted by atomic mass is 10.3. The van der Waals surface area contributed by atoms with E-state index >= 15 is 0 Å². The molecule has 6 heteroatoms. The SMILES string of the molecule is Nc1nc(N)nc(CCCO)n1. The molecule has 0 fully saturated rings. The highest BCUT2D eigenvalue weighted by Crippen LogP contribution is 2.00. The summed E-state index contributed by atoms with van der Waals surface area (Å²) in [6, 6.07) is 0. The molecule has 1 rings (SSSR count). The zero-order valence-corrected chi connectivity index (χ0v) is 6.56. The number of anilines is 2. The van der Waals surface area contributed by atoms with Crippen LogP contribution in [0.1, 0.15) is 12.2 Å². The first-order valence-electron chi connectivity index (χ1n) is 3.59. The van der Waals surface area contributed by atoms with Gasteiger partial charge in [0, 0.05) is 13.0 Å². The molecule has 0 aromatic carbocycles. The second-order valence-electron chi connectivity index (χ2n) is 2.30. The van der Waals surface area contributed by atoms with Gasteiger partial charge in [0.1, 0.15) is 5.82 Å². The Kier molecular flexibility index (Phi) is 2.76. The largest absolute Gasteiger partial charge is 0.396 e. The van der Waals surface area contributed by atoms with Crippen molar-refractivity contribution in [2.24, 2.45) is 0 Å². The maximum Gasteiger partial charge on any atom is 0.225 e. The van der Waals surface area contributed by atoms with Gasteiger partial charge in [-0.3, -0.25) is 0 Å². The summed E-state index contributed by atoms with van der Waals surface area (Å²) in [6.45, 7) is 0.103. The van der Waals surface area contributed by atoms with Gasteiger partial charge < -0.3 is 16.6 Å². The number of aromatic nitrogens is 3. The molecule has 0 saturated carbocycles. The Morgan fingerprint density at radius 2 is 1.67 bits per heavy atom. The molecule has 1 aromatic rings. The Bertz CT molecular complexity index is 244. The van der Waals surface area contributed by atoms with Crippen LogP contribution >= 0.6 is 0 Å². The molecule has 6 nitrogen and oxygen atoms in total. The van der Waals surface area contributed by atoms with E-state index in [0.29, 0.717) is 18.7 Å². The molecule has 0 unspecified atom stereocenters. The summed E-state index contributed by atoms with van der Waals surface area (Å²) < 4.78 is 0. The molecule has 0 aliphatic rings. The number of nitrogen functional groups attached to an aromatic ring is 2. The van der Waals surface area contributed by atoms with Gasteiger partial charge in [-0.15, -0.1) is 0 Å². The van der Waals surface area contributed by atoms with Gasteiger partial charge in [-0.05, 0) is 6.42 Å². The number of rotatable bonds is 3. The molecule has 0 aliphatic carbocycles. The number of aryl methyl sites for hydroxylation is 1. The number of aliphatic hydroxyl groups is 1. The average molecular weight is 169 g/mol. The van der Waals surface area contributed by atoms with Crippen molar-refractivity contribution < 1.29 is 5.11 Å². The van der Waals surface area contributed by atoms with Crippen LogP contribution < -0.4 is 11.5 Å². The second-order valence-corrected chi connectivity index (χ2v) is 2.30. The number of hydrogen-bond donors (Lipinski definition) is 3. The van der Waals surface area contributed by atoms with Crippen LogP contribution in [0, 0.1) is 0 Å². The van der Waals surface area contributed by atoms with Crippen molar-refractivity contribution in [3.8, 4) is 0 Å². The molecule has 0 spiro atoms. The van der Waals surface area contributed by atoms with Crippen LogP contribution in [0.2, 0.25) is 0 Å². The minimum Gasteiger partial charge on any atom is -0.396 e. The molecule has 1 heterocycles. The molecule has 0 amide bonds. The topological polar surface area (TPSA) is 111 Å². The van der Waals surface area contributed by atoms with E-state index in [9.17, 15) is 0 Å². The van der Waals surface area contributed by atoms with Crippen molar-refractivity contribution in [3.05, 3.63) is 5.82 Å². The molecular weight excluding hydrogens is 158 g/mol. The van der Waals surface area contributed by atoms with E-state index in [1.165, 1.54) is 0 Å². The first-order valence-corrected chi connectivity index (χ1v) is 3.59. The van der Waals surface area contributed by atoms with E-state index in [-0.39, 0.29) is 18.5 Å². The quantitative estimate of drug-likeness (QED) is 0.533. The summed E-state index contributed by atoms with van der Waals surface area (Å²) in [4.78, 5) is 11.3. The van der Waals surface area contributed by atoms with Crippen molar-refractivity contribution in [2.75, 3.05) is 18.1 Å². The van der Waals surface area contributed by atoms with Crippen LogP contribution in [0.25, 0.3) is 0 Å². The van der Waals surface area contributed by atoms with Gasteiger partial charge in [0.25, 0.3) is 0 Å². The van der Waals surface area contributed by atoms with Crippen LogP contribution in [0.15, 0.2) is 0 Å². The average Bonchev–Trinajstić information content (AvgIpc) is 1.99. The lowest BCUT2D eigenvalue weighted by Gasteiger charge is -1.99. The van der Waals surface area contributed by atoms with Gasteiger partial charge in [-0.25, -0.2) is 0 Å². The van der Waals surface area contributed by atoms with Crippen LogP contribution in [0.4, 0.5) is 11.9 Å². The number of hydrogen-bond acceptors (Lipinski definition) is 6. The second kappa shape index (κ2) is 3.82. The predicted octanol–water partition coefficient (Wildman–Crippen LogP) is -1.04. The maximum absolute atomic E-state index is 8.53. The summed E-state index contributed by atoms with van der Waals surface area (Å²) in [5.41, 5.74) is 10.7. The lowest BCUT2D eigenvalue weighted by molar-refractivity contribution is 0.287. The number of aliphatic hydroxyl groups excluding tert-OH is 1. The first-order chi connectivity index (χ1) is 5.72. The van der Waals surface area contributed by atoms with Gasteiger partial charge in [0.05, 0.1) is 0 Å². The smallest absolute Gasteiger partial charge is 0.225 e. The molecule has 1 aromatic heterocycles. The molecule has 12 heavy (non-hydrogen) atoms. The highest BCUT2D eigenvalue weighted by atomic mass is 16.2. The Balaban J connectivity index is 2.72. The van der Waals surface area contributed by atoms with Gasteiger partial charge in [0.15, 0.2) is 0 Å². The number of nitrogens with zero attached hydrogens (tertiary/aromatic N) is 3. The molecule has 0 radical (unpaired) electrons. The Hall–Kier alpha value is -1.43. The fourth-order valence-electron chi connectivity index (χ4n) is 0.806. The molecular formula is C6H11N5O. The van der Waals surface area contributed by atoms with E-state index in [2.05, 4.69) is 15.0 Å². The summed E-state index contributed by atoms with van der Waals surface area (Å²) in [6.07, 6.45) is 1.16. The third-order valence-corrected chi connectivity index (χ3v) is 1.27. The highest BCUT2D eigenvalue weighted by molar-refractivity contribution is 5.25. The maximum atomic E-state index is 8.53. The van der Waals surface area contributed by atoms with Crippen molar-refractivity contribution >= 4 is 11.9 Å². The first kappa shape index (κ1) is 8.66. The van der Waals surface area contributed by atoms with Crippen LogP contribution in [0.3, 0.4) is 0 Å². The molecule has 0 atom stereocenters. The summed E-state index contributed by atoms with van der Waals surface area (Å²) >= 11 is 0. The highest BCUT2D eigenvalue weighted by Gasteiger charge is 2.00. The van der Waals surface area contributed by atoms with Crippen molar-refractivity contribution in [2.45, 2.75) is 12.8 Å². The van der Waals surface area contributed by atoms with Gasteiger partial charge >= 0.3 is 0 Å². The van der Waals surface area contributed by atoms with E-state index in [4.69, 9.17) is 16.6 Å². The minimum absolute atomic E-state index is 0.103. The van der Waals surface area contributed by atoms with Crippen molar-refractivity contribution in [1.82, 2.24) is 15.0 Å². The Morgan fingerprint density at radius 3 is 2.17 bits per heavy atom. The Labute approximate surface area is 69.7 Å². The predicted molar refractivity (Wildman–Crippen MR) is 44.1 cm³/mol. The van der Waals surface area contributed by atoms with E-state index in [0.717, 1.165) is 0 Å². The molecule has 0 aliphatic heterocycles. The van der Waals surface area contributed by atoms with E-state index in [1.807, 2.05) is 0 Å². The fourth-order valence-corrected chi connectivity index (χ4v) is 0.806. The third-order valence-electron chi connectivity index (χ3n) is 1.27. The van der Waals surface area contributed by atoms with Gasteiger partial charge in [0.2, 0.25) is 11.9 Å². The molecule has 0 bridgehead atoms. The lowest BCUT2D eigenvalue weighted by Crippen LogP contribution is -2.07. The third kappa shape index (κ3) is 2.31. The summed E-state index contributed by atoms with van der Waals surface area (Å²) in [7, 11) is 0. The minimum atomic E-state index is 0.103. The van der Waals surface area contributed by atoms with E-state index < -0.39 is 0 Å². The van der Waals surface area contributed by atoms with Crippen LogP contribution in [-0.4, -0.2) is 26.7 Å². The van der Waals surface area contributed by atoms with Crippen LogP contribution in [0.5, 0.6) is 0 Å². The van der Waals surface area contributed by atoms with E-state index in [1.54, 1.807) is 0 Å². The molecule has 0 saturated heterocycles.